The fourth-order valence-electron chi connectivity index (χ4n) is 1.38. The number of esters is 1. The molecule has 0 aliphatic rings. The Morgan fingerprint density at radius 2 is 2.05 bits per heavy atom. The lowest BCUT2D eigenvalue weighted by Gasteiger charge is -2.08. The molecule has 0 radical (unpaired) electrons. The molecule has 0 bridgehead atoms. The first-order chi connectivity index (χ1) is 9.01. The zero-order chi connectivity index (χ0) is 14.4. The second kappa shape index (κ2) is 6.34. The molecule has 0 aromatic heterocycles. The van der Waals surface area contributed by atoms with Crippen molar-refractivity contribution < 1.29 is 24.0 Å². The van der Waals surface area contributed by atoms with Crippen molar-refractivity contribution in [2.45, 2.75) is 0 Å². The van der Waals surface area contributed by atoms with Gasteiger partial charge in [0.1, 0.15) is 12.3 Å². The summed E-state index contributed by atoms with van der Waals surface area (Å²) in [7, 11) is 2.45. The van der Waals surface area contributed by atoms with Crippen molar-refractivity contribution >= 4 is 17.6 Å². The summed E-state index contributed by atoms with van der Waals surface area (Å²) in [5.74, 6) is -1.39. The number of nitrogens with zero attached hydrogens (tertiary/aromatic N) is 1. The van der Waals surface area contributed by atoms with Crippen molar-refractivity contribution in [3.63, 3.8) is 0 Å². The van der Waals surface area contributed by atoms with Crippen molar-refractivity contribution in [2.75, 3.05) is 20.8 Å². The molecule has 1 N–H and O–H groups in total. The number of ether oxygens (including phenoxy) is 2. The first-order valence-corrected chi connectivity index (χ1v) is 5.17. The number of benzene rings is 1. The predicted molar refractivity (Wildman–Crippen MR) is 64.0 cm³/mol. The lowest BCUT2D eigenvalue weighted by Crippen LogP contribution is -2.30. The Morgan fingerprint density at radius 1 is 1.37 bits per heavy atom. The molecule has 19 heavy (non-hydrogen) atoms. The van der Waals surface area contributed by atoms with Crippen molar-refractivity contribution in [3.05, 3.63) is 33.9 Å². The highest BCUT2D eigenvalue weighted by molar-refractivity contribution is 6.02. The Hall–Kier alpha value is -2.64. The van der Waals surface area contributed by atoms with Crippen molar-refractivity contribution in [1.82, 2.24) is 5.32 Å². The second-order valence-electron chi connectivity index (χ2n) is 3.37. The molecule has 1 aromatic rings. The summed E-state index contributed by atoms with van der Waals surface area (Å²) in [6.07, 6.45) is 0. The van der Waals surface area contributed by atoms with Crippen LogP contribution in [0, 0.1) is 10.1 Å². The van der Waals surface area contributed by atoms with Gasteiger partial charge in [-0.15, -0.1) is 0 Å². The van der Waals surface area contributed by atoms with Crippen LogP contribution in [0.15, 0.2) is 18.2 Å². The van der Waals surface area contributed by atoms with E-state index in [-0.39, 0.29) is 17.9 Å². The number of carbonyl (C=O) groups is 2. The highest BCUT2D eigenvalue weighted by Crippen LogP contribution is 2.27. The van der Waals surface area contributed by atoms with Gasteiger partial charge in [-0.2, -0.15) is 0 Å². The van der Waals surface area contributed by atoms with Gasteiger partial charge in [-0.05, 0) is 6.07 Å². The van der Waals surface area contributed by atoms with Gasteiger partial charge in [-0.3, -0.25) is 19.7 Å². The zero-order valence-electron chi connectivity index (χ0n) is 10.3. The van der Waals surface area contributed by atoms with E-state index in [0.717, 1.165) is 0 Å². The molecule has 1 amide bonds. The van der Waals surface area contributed by atoms with Gasteiger partial charge in [-0.1, -0.05) is 6.07 Å². The van der Waals surface area contributed by atoms with Crippen molar-refractivity contribution in [1.29, 1.82) is 0 Å². The number of hydrogen-bond donors (Lipinski definition) is 1. The summed E-state index contributed by atoms with van der Waals surface area (Å²) in [4.78, 5) is 33.0. The first kappa shape index (κ1) is 14.4. The van der Waals surface area contributed by atoms with Crippen molar-refractivity contribution in [2.24, 2.45) is 0 Å². The van der Waals surface area contributed by atoms with Crippen LogP contribution >= 0.6 is 0 Å². The summed E-state index contributed by atoms with van der Waals surface area (Å²) < 4.78 is 9.26. The molecule has 0 saturated carbocycles. The fraction of sp³-hybridized carbons (Fsp3) is 0.273. The van der Waals surface area contributed by atoms with E-state index in [9.17, 15) is 19.7 Å². The largest absolute Gasteiger partial charge is 0.496 e. The average molecular weight is 268 g/mol. The van der Waals surface area contributed by atoms with Crippen molar-refractivity contribution in [3.8, 4) is 5.75 Å². The number of nitro benzene ring substituents is 1. The van der Waals surface area contributed by atoms with Crippen LogP contribution in [0.4, 0.5) is 5.69 Å². The smallest absolute Gasteiger partial charge is 0.325 e. The molecular formula is C11H12N2O6. The summed E-state index contributed by atoms with van der Waals surface area (Å²) in [5.41, 5.74) is -0.638. The molecule has 102 valence electrons. The first-order valence-electron chi connectivity index (χ1n) is 5.17. The maximum Gasteiger partial charge on any atom is 0.325 e. The van der Waals surface area contributed by atoms with Crippen LogP contribution in [0.25, 0.3) is 0 Å². The Kier molecular flexibility index (Phi) is 4.81. The van der Waals surface area contributed by atoms with Crippen LogP contribution in [0.1, 0.15) is 10.4 Å². The zero-order valence-corrected chi connectivity index (χ0v) is 10.3. The molecule has 1 aromatic carbocycles. The van der Waals surface area contributed by atoms with E-state index < -0.39 is 22.5 Å². The lowest BCUT2D eigenvalue weighted by atomic mass is 10.1. The lowest BCUT2D eigenvalue weighted by molar-refractivity contribution is -0.385. The highest BCUT2D eigenvalue weighted by atomic mass is 16.6. The number of nitrogens with one attached hydrogen (secondary N) is 1. The Labute approximate surface area is 108 Å². The van der Waals surface area contributed by atoms with Gasteiger partial charge >= 0.3 is 5.97 Å². The highest BCUT2D eigenvalue weighted by Gasteiger charge is 2.25. The molecular weight excluding hydrogens is 256 g/mol. The Bertz CT molecular complexity index is 514. The van der Waals surface area contributed by atoms with Gasteiger partial charge in [0.15, 0.2) is 5.56 Å². The van der Waals surface area contributed by atoms with E-state index in [0.29, 0.717) is 0 Å². The van der Waals surface area contributed by atoms with Gasteiger partial charge in [0.2, 0.25) is 0 Å². The van der Waals surface area contributed by atoms with Gasteiger partial charge in [0.05, 0.1) is 19.1 Å². The molecule has 0 fully saturated rings. The van der Waals surface area contributed by atoms with Gasteiger partial charge < -0.3 is 14.8 Å². The van der Waals surface area contributed by atoms with Gasteiger partial charge in [0, 0.05) is 6.07 Å². The summed E-state index contributed by atoms with van der Waals surface area (Å²) in [6, 6.07) is 3.99. The van der Waals surface area contributed by atoms with Crippen LogP contribution < -0.4 is 10.1 Å². The number of carbonyl (C=O) groups excluding carboxylic acids is 2. The van der Waals surface area contributed by atoms with Gasteiger partial charge in [-0.25, -0.2) is 0 Å². The third kappa shape index (κ3) is 3.41. The van der Waals surface area contributed by atoms with Crippen LogP contribution in [-0.2, 0) is 9.53 Å². The molecule has 0 aliphatic heterocycles. The molecule has 0 saturated heterocycles. The normalized spacial score (nSPS) is 9.58. The minimum absolute atomic E-state index is 0.0524. The van der Waals surface area contributed by atoms with Gasteiger partial charge in [0.25, 0.3) is 11.6 Å². The molecule has 0 aliphatic carbocycles. The maximum atomic E-state index is 11.9. The Balaban J connectivity index is 3.06. The Morgan fingerprint density at radius 3 is 2.58 bits per heavy atom. The molecule has 0 unspecified atom stereocenters. The number of methoxy groups -OCH3 is 2. The van der Waals surface area contributed by atoms with E-state index in [1.165, 1.54) is 32.4 Å². The van der Waals surface area contributed by atoms with E-state index >= 15 is 0 Å². The molecule has 8 nitrogen and oxygen atoms in total. The molecule has 0 atom stereocenters. The van der Waals surface area contributed by atoms with E-state index in [4.69, 9.17) is 4.74 Å². The van der Waals surface area contributed by atoms with E-state index in [1.54, 1.807) is 0 Å². The molecule has 0 spiro atoms. The number of nitro groups is 1. The number of hydrogen-bond acceptors (Lipinski definition) is 6. The topological polar surface area (TPSA) is 108 Å². The standard InChI is InChI=1S/C11H12N2O6/c1-18-8-5-3-4-7(13(16)17)10(8)11(15)12-6-9(14)19-2/h3-5H,6H2,1-2H3,(H,12,15). The minimum atomic E-state index is -0.783. The maximum absolute atomic E-state index is 11.9. The number of amides is 1. The predicted octanol–water partition coefficient (Wildman–Crippen LogP) is 0.506. The summed E-state index contributed by atoms with van der Waals surface area (Å²) in [6.45, 7) is -0.384. The summed E-state index contributed by atoms with van der Waals surface area (Å²) in [5, 5.41) is 13.1. The van der Waals surface area contributed by atoms with Crippen LogP contribution in [0.2, 0.25) is 0 Å². The third-order valence-electron chi connectivity index (χ3n) is 2.27. The quantitative estimate of drug-likeness (QED) is 0.473. The third-order valence-corrected chi connectivity index (χ3v) is 2.27. The second-order valence-corrected chi connectivity index (χ2v) is 3.37. The average Bonchev–Trinajstić information content (AvgIpc) is 2.43. The molecule has 8 heteroatoms. The minimum Gasteiger partial charge on any atom is -0.496 e. The SMILES string of the molecule is COC(=O)CNC(=O)c1c(OC)cccc1[N+](=O)[O-]. The van der Waals surface area contributed by atoms with Crippen LogP contribution in [0.5, 0.6) is 5.75 Å². The fourth-order valence-corrected chi connectivity index (χ4v) is 1.38. The van der Waals surface area contributed by atoms with E-state index in [1.807, 2.05) is 0 Å². The summed E-state index contributed by atoms with van der Waals surface area (Å²) >= 11 is 0. The van der Waals surface area contributed by atoms with Crippen LogP contribution in [-0.4, -0.2) is 37.6 Å². The van der Waals surface area contributed by atoms with E-state index in [2.05, 4.69) is 10.1 Å². The number of rotatable bonds is 5. The monoisotopic (exact) mass is 268 g/mol. The molecule has 0 heterocycles. The van der Waals surface area contributed by atoms with Crippen LogP contribution in [0.3, 0.4) is 0 Å². The molecule has 1 rings (SSSR count).